The topological polar surface area (TPSA) is 66.9 Å². The molecule has 1 fully saturated rings. The molecular weight excluding hydrogens is 320 g/mol. The number of carbonyl (C=O) groups is 1. The fourth-order valence-electron chi connectivity index (χ4n) is 1.92. The molecule has 1 atom stereocenters. The van der Waals surface area contributed by atoms with Crippen molar-refractivity contribution in [3.8, 4) is 0 Å². The molecule has 0 bridgehead atoms. The average Bonchev–Trinajstić information content (AvgIpc) is 2.85. The zero-order valence-corrected chi connectivity index (χ0v) is 11.4. The molecule has 5 nitrogen and oxygen atoms in total. The van der Waals surface area contributed by atoms with Crippen molar-refractivity contribution in [1.29, 1.82) is 0 Å². The highest BCUT2D eigenvalue weighted by Crippen LogP contribution is 2.44. The van der Waals surface area contributed by atoms with E-state index in [1.54, 1.807) is 0 Å². The first kappa shape index (κ1) is 15.3. The van der Waals surface area contributed by atoms with Crippen molar-refractivity contribution in [3.63, 3.8) is 0 Å². The predicted octanol–water partition coefficient (Wildman–Crippen LogP) is 2.26. The lowest BCUT2D eigenvalue weighted by atomic mass is 9.85. The first-order valence-electron chi connectivity index (χ1n) is 5.53. The highest BCUT2D eigenvalue weighted by molar-refractivity contribution is 6.42. The third-order valence-corrected chi connectivity index (χ3v) is 3.85. The summed E-state index contributed by atoms with van der Waals surface area (Å²) in [7, 11) is 0. The molecule has 2 N–H and O–H groups in total. The van der Waals surface area contributed by atoms with E-state index in [1.807, 2.05) is 0 Å². The van der Waals surface area contributed by atoms with Crippen molar-refractivity contribution in [3.05, 3.63) is 16.5 Å². The first-order valence-corrected chi connectivity index (χ1v) is 6.28. The largest absolute Gasteiger partial charge is 0.404 e. The second kappa shape index (κ2) is 5.34. The molecule has 20 heavy (non-hydrogen) atoms. The molecule has 0 aliphatic carbocycles. The number of rotatable bonds is 2. The number of hydrogen-bond acceptors (Lipinski definition) is 4. The van der Waals surface area contributed by atoms with E-state index in [0.717, 1.165) is 6.33 Å². The highest BCUT2D eigenvalue weighted by atomic mass is 35.5. The summed E-state index contributed by atoms with van der Waals surface area (Å²) in [6.07, 6.45) is -4.03. The Bertz CT molecular complexity index is 532. The van der Waals surface area contributed by atoms with Crippen molar-refractivity contribution in [2.24, 2.45) is 5.41 Å². The summed E-state index contributed by atoms with van der Waals surface area (Å²) in [5, 5.41) is 4.26. The van der Waals surface area contributed by atoms with Crippen LogP contribution in [0.5, 0.6) is 0 Å². The Morgan fingerprint density at radius 2 is 2.10 bits per heavy atom. The van der Waals surface area contributed by atoms with Gasteiger partial charge in [0.1, 0.15) is 11.3 Å². The fraction of sp³-hybridized carbons (Fsp3) is 0.500. The SMILES string of the molecule is O=C(Nc1ncnc(Cl)c1Cl)C1(C(F)(F)F)CCNC1. The lowest BCUT2D eigenvalue weighted by molar-refractivity contribution is -0.213. The maximum Gasteiger partial charge on any atom is 0.404 e. The predicted molar refractivity (Wildman–Crippen MR) is 66.7 cm³/mol. The molecule has 0 saturated carbocycles. The fourth-order valence-corrected chi connectivity index (χ4v) is 2.20. The number of aromatic nitrogens is 2. The molecule has 1 unspecified atom stereocenters. The van der Waals surface area contributed by atoms with Crippen LogP contribution in [0.15, 0.2) is 6.33 Å². The zero-order valence-electron chi connectivity index (χ0n) is 9.89. The van der Waals surface area contributed by atoms with E-state index in [0.29, 0.717) is 0 Å². The van der Waals surface area contributed by atoms with Crippen LogP contribution in [-0.2, 0) is 4.79 Å². The van der Waals surface area contributed by atoms with Crippen molar-refractivity contribution in [2.75, 3.05) is 18.4 Å². The van der Waals surface area contributed by atoms with Crippen LogP contribution < -0.4 is 10.6 Å². The van der Waals surface area contributed by atoms with E-state index in [9.17, 15) is 18.0 Å². The number of anilines is 1. The van der Waals surface area contributed by atoms with Crippen LogP contribution in [0.3, 0.4) is 0 Å². The second-order valence-electron chi connectivity index (χ2n) is 4.29. The van der Waals surface area contributed by atoms with Crippen molar-refractivity contribution < 1.29 is 18.0 Å². The van der Waals surface area contributed by atoms with Crippen LogP contribution in [0.25, 0.3) is 0 Å². The highest BCUT2D eigenvalue weighted by Gasteiger charge is 2.61. The Labute approximate surface area is 121 Å². The van der Waals surface area contributed by atoms with Crippen LogP contribution >= 0.6 is 23.2 Å². The minimum Gasteiger partial charge on any atom is -0.315 e. The molecule has 1 saturated heterocycles. The Balaban J connectivity index is 2.29. The molecule has 1 aromatic heterocycles. The normalized spacial score (nSPS) is 22.9. The maximum absolute atomic E-state index is 13.2. The van der Waals surface area contributed by atoms with Crippen molar-refractivity contribution in [2.45, 2.75) is 12.6 Å². The number of carbonyl (C=O) groups excluding carboxylic acids is 1. The Hall–Kier alpha value is -1.12. The van der Waals surface area contributed by atoms with Gasteiger partial charge in [-0.15, -0.1) is 0 Å². The van der Waals surface area contributed by atoms with E-state index < -0.39 is 24.0 Å². The number of hydrogen-bond donors (Lipinski definition) is 2. The van der Waals surface area contributed by atoms with Gasteiger partial charge in [-0.2, -0.15) is 13.2 Å². The van der Waals surface area contributed by atoms with E-state index in [-0.39, 0.29) is 29.0 Å². The quantitative estimate of drug-likeness (QED) is 0.817. The molecule has 1 amide bonds. The molecule has 2 rings (SSSR count). The number of nitrogens with zero attached hydrogens (tertiary/aromatic N) is 2. The lowest BCUT2D eigenvalue weighted by Gasteiger charge is -2.29. The molecule has 110 valence electrons. The molecule has 0 spiro atoms. The second-order valence-corrected chi connectivity index (χ2v) is 5.02. The van der Waals surface area contributed by atoms with E-state index in [1.165, 1.54) is 0 Å². The molecule has 1 aromatic rings. The molecule has 2 heterocycles. The van der Waals surface area contributed by atoms with Crippen LogP contribution in [0.2, 0.25) is 10.2 Å². The standard InChI is InChI=1S/C10H9Cl2F3N4O/c11-5-6(12)17-4-18-7(5)19-8(20)9(10(13,14)15)1-2-16-3-9/h4,16H,1-3H2,(H,17,18,19,20). The van der Waals surface area contributed by atoms with Crippen LogP contribution in [0.1, 0.15) is 6.42 Å². The Morgan fingerprint density at radius 3 is 2.65 bits per heavy atom. The van der Waals surface area contributed by atoms with Crippen LogP contribution in [-0.4, -0.2) is 35.1 Å². The van der Waals surface area contributed by atoms with E-state index in [2.05, 4.69) is 20.6 Å². The van der Waals surface area contributed by atoms with Gasteiger partial charge in [-0.1, -0.05) is 23.2 Å². The molecule has 1 aliphatic rings. The summed E-state index contributed by atoms with van der Waals surface area (Å²) in [5.74, 6) is -1.46. The molecular formula is C10H9Cl2F3N4O. The molecule has 10 heteroatoms. The van der Waals surface area contributed by atoms with Gasteiger partial charge in [0.25, 0.3) is 0 Å². The van der Waals surface area contributed by atoms with Crippen LogP contribution in [0.4, 0.5) is 19.0 Å². The Morgan fingerprint density at radius 1 is 1.40 bits per heavy atom. The van der Waals surface area contributed by atoms with Crippen molar-refractivity contribution >= 4 is 34.9 Å². The monoisotopic (exact) mass is 328 g/mol. The molecule has 0 aromatic carbocycles. The lowest BCUT2D eigenvalue weighted by Crippen LogP contribution is -2.49. The van der Waals surface area contributed by atoms with Gasteiger partial charge in [-0.25, -0.2) is 9.97 Å². The third-order valence-electron chi connectivity index (χ3n) is 3.11. The van der Waals surface area contributed by atoms with Gasteiger partial charge in [0, 0.05) is 6.54 Å². The van der Waals surface area contributed by atoms with Gasteiger partial charge in [-0.05, 0) is 13.0 Å². The molecule has 0 radical (unpaired) electrons. The van der Waals surface area contributed by atoms with Crippen molar-refractivity contribution in [1.82, 2.24) is 15.3 Å². The molecule has 1 aliphatic heterocycles. The number of amides is 1. The Kier molecular flexibility index (Phi) is 4.08. The summed E-state index contributed by atoms with van der Waals surface area (Å²) >= 11 is 11.3. The average molecular weight is 329 g/mol. The summed E-state index contributed by atoms with van der Waals surface area (Å²) < 4.78 is 39.5. The van der Waals surface area contributed by atoms with E-state index in [4.69, 9.17) is 23.2 Å². The first-order chi connectivity index (χ1) is 9.28. The number of alkyl halides is 3. The maximum atomic E-state index is 13.2. The van der Waals surface area contributed by atoms with Crippen LogP contribution in [0, 0.1) is 5.41 Å². The summed E-state index contributed by atoms with van der Waals surface area (Å²) in [6, 6.07) is 0. The van der Waals surface area contributed by atoms with Gasteiger partial charge in [0.15, 0.2) is 16.4 Å². The summed E-state index contributed by atoms with van der Waals surface area (Å²) in [4.78, 5) is 19.2. The van der Waals surface area contributed by atoms with Gasteiger partial charge in [0.2, 0.25) is 5.91 Å². The van der Waals surface area contributed by atoms with Gasteiger partial charge in [-0.3, -0.25) is 4.79 Å². The third kappa shape index (κ3) is 2.55. The smallest absolute Gasteiger partial charge is 0.315 e. The minimum atomic E-state index is -4.68. The zero-order chi connectivity index (χ0) is 15.0. The van der Waals surface area contributed by atoms with Gasteiger partial charge >= 0.3 is 6.18 Å². The van der Waals surface area contributed by atoms with Gasteiger partial charge in [0.05, 0.1) is 0 Å². The number of halogens is 5. The minimum absolute atomic E-state index is 0.102. The number of nitrogens with one attached hydrogen (secondary N) is 2. The summed E-state index contributed by atoms with van der Waals surface area (Å²) in [5.41, 5.74) is -2.49. The van der Waals surface area contributed by atoms with E-state index >= 15 is 0 Å². The summed E-state index contributed by atoms with van der Waals surface area (Å²) in [6.45, 7) is -0.385. The van der Waals surface area contributed by atoms with Gasteiger partial charge < -0.3 is 10.6 Å².